The standard InChI is InChI=1S/C16H15BrFNO2/c1-10(8-11-2-5-13(18)6-3-11)19-16(21)12-4-7-14(17)15(20)9-12/h2-7,9-10,20H,8H2,1H3,(H,19,21). The lowest BCUT2D eigenvalue weighted by Crippen LogP contribution is -2.34. The number of amides is 1. The van der Waals surface area contributed by atoms with Crippen LogP contribution in [-0.4, -0.2) is 17.1 Å². The molecular weight excluding hydrogens is 337 g/mol. The first-order valence-electron chi connectivity index (χ1n) is 6.49. The van der Waals surface area contributed by atoms with Gasteiger partial charge >= 0.3 is 0 Å². The van der Waals surface area contributed by atoms with Crippen LogP contribution in [0.4, 0.5) is 4.39 Å². The SMILES string of the molecule is CC(Cc1ccc(F)cc1)NC(=O)c1ccc(Br)c(O)c1. The monoisotopic (exact) mass is 351 g/mol. The number of phenols is 1. The van der Waals surface area contributed by atoms with Gasteiger partial charge in [-0.2, -0.15) is 0 Å². The topological polar surface area (TPSA) is 49.3 Å². The molecule has 1 amide bonds. The molecule has 2 rings (SSSR count). The van der Waals surface area contributed by atoms with E-state index in [4.69, 9.17) is 0 Å². The van der Waals surface area contributed by atoms with E-state index in [0.717, 1.165) is 5.56 Å². The molecule has 0 spiro atoms. The maximum absolute atomic E-state index is 12.8. The van der Waals surface area contributed by atoms with Crippen molar-refractivity contribution >= 4 is 21.8 Å². The summed E-state index contributed by atoms with van der Waals surface area (Å²) in [5, 5.41) is 12.4. The molecular formula is C16H15BrFNO2. The first-order valence-corrected chi connectivity index (χ1v) is 7.29. The quantitative estimate of drug-likeness (QED) is 0.883. The third-order valence-electron chi connectivity index (χ3n) is 3.04. The molecule has 3 nitrogen and oxygen atoms in total. The number of rotatable bonds is 4. The van der Waals surface area contributed by atoms with Gasteiger partial charge in [-0.05, 0) is 65.2 Å². The Morgan fingerprint density at radius 2 is 1.95 bits per heavy atom. The Bertz CT molecular complexity index is 643. The second-order valence-electron chi connectivity index (χ2n) is 4.87. The Morgan fingerprint density at radius 3 is 2.57 bits per heavy atom. The average molecular weight is 352 g/mol. The zero-order valence-corrected chi connectivity index (χ0v) is 13.0. The van der Waals surface area contributed by atoms with Crippen LogP contribution in [-0.2, 0) is 6.42 Å². The van der Waals surface area contributed by atoms with Crippen molar-refractivity contribution in [3.63, 3.8) is 0 Å². The minimum Gasteiger partial charge on any atom is -0.507 e. The fourth-order valence-corrected chi connectivity index (χ4v) is 2.23. The van der Waals surface area contributed by atoms with E-state index in [-0.39, 0.29) is 23.5 Å². The molecule has 0 bridgehead atoms. The lowest BCUT2D eigenvalue weighted by atomic mass is 10.1. The number of hydrogen-bond acceptors (Lipinski definition) is 2. The Kier molecular flexibility index (Phi) is 4.96. The highest BCUT2D eigenvalue weighted by molar-refractivity contribution is 9.10. The van der Waals surface area contributed by atoms with Crippen molar-refractivity contribution < 1.29 is 14.3 Å². The van der Waals surface area contributed by atoms with Gasteiger partial charge in [-0.15, -0.1) is 0 Å². The maximum Gasteiger partial charge on any atom is 0.251 e. The summed E-state index contributed by atoms with van der Waals surface area (Å²) in [5.41, 5.74) is 1.34. The molecule has 0 aromatic heterocycles. The zero-order valence-electron chi connectivity index (χ0n) is 11.4. The Labute approximate surface area is 130 Å². The predicted octanol–water partition coefficient (Wildman–Crippen LogP) is 3.65. The van der Waals surface area contributed by atoms with Crippen molar-refractivity contribution in [2.75, 3.05) is 0 Å². The summed E-state index contributed by atoms with van der Waals surface area (Å²) in [6, 6.07) is 10.7. The highest BCUT2D eigenvalue weighted by Crippen LogP contribution is 2.24. The van der Waals surface area contributed by atoms with Gasteiger partial charge in [-0.3, -0.25) is 4.79 Å². The molecule has 0 fully saturated rings. The second-order valence-corrected chi connectivity index (χ2v) is 5.73. The van der Waals surface area contributed by atoms with Crippen LogP contribution in [0.25, 0.3) is 0 Å². The van der Waals surface area contributed by atoms with Crippen LogP contribution in [0.1, 0.15) is 22.8 Å². The van der Waals surface area contributed by atoms with Crippen LogP contribution in [0.15, 0.2) is 46.9 Å². The molecule has 0 aliphatic rings. The number of benzene rings is 2. The minimum atomic E-state index is -0.277. The highest BCUT2D eigenvalue weighted by atomic mass is 79.9. The molecule has 0 aliphatic carbocycles. The molecule has 2 aromatic rings. The van der Waals surface area contributed by atoms with Gasteiger partial charge in [0.05, 0.1) is 4.47 Å². The predicted molar refractivity (Wildman–Crippen MR) is 82.8 cm³/mol. The van der Waals surface area contributed by atoms with Gasteiger partial charge in [-0.1, -0.05) is 12.1 Å². The van der Waals surface area contributed by atoms with Crippen molar-refractivity contribution in [1.29, 1.82) is 0 Å². The van der Waals surface area contributed by atoms with Crippen LogP contribution in [0.5, 0.6) is 5.75 Å². The van der Waals surface area contributed by atoms with Crippen molar-refractivity contribution in [1.82, 2.24) is 5.32 Å². The molecule has 21 heavy (non-hydrogen) atoms. The molecule has 0 heterocycles. The molecule has 0 saturated heterocycles. The van der Waals surface area contributed by atoms with Crippen LogP contribution in [0.3, 0.4) is 0 Å². The number of aromatic hydroxyl groups is 1. The van der Waals surface area contributed by atoms with Gasteiger partial charge in [0.25, 0.3) is 5.91 Å². The summed E-state index contributed by atoms with van der Waals surface area (Å²) in [7, 11) is 0. The third kappa shape index (κ3) is 4.29. The van der Waals surface area contributed by atoms with Crippen molar-refractivity contribution in [3.8, 4) is 5.75 Å². The molecule has 0 aliphatic heterocycles. The van der Waals surface area contributed by atoms with Crippen LogP contribution in [0, 0.1) is 5.82 Å². The van der Waals surface area contributed by atoms with E-state index >= 15 is 0 Å². The number of hydrogen-bond donors (Lipinski definition) is 2. The number of carbonyl (C=O) groups excluding carboxylic acids is 1. The van der Waals surface area contributed by atoms with Gasteiger partial charge in [0.15, 0.2) is 0 Å². The fourth-order valence-electron chi connectivity index (χ4n) is 1.99. The molecule has 1 atom stereocenters. The van der Waals surface area contributed by atoms with Gasteiger partial charge in [-0.25, -0.2) is 4.39 Å². The summed E-state index contributed by atoms with van der Waals surface area (Å²) in [6.07, 6.45) is 0.606. The molecule has 1 unspecified atom stereocenters. The Morgan fingerprint density at radius 1 is 1.29 bits per heavy atom. The van der Waals surface area contributed by atoms with Gasteiger partial charge in [0, 0.05) is 11.6 Å². The van der Waals surface area contributed by atoms with Crippen LogP contribution < -0.4 is 5.32 Å². The smallest absolute Gasteiger partial charge is 0.251 e. The Hall–Kier alpha value is -1.88. The van der Waals surface area contributed by atoms with E-state index in [2.05, 4.69) is 21.2 Å². The zero-order chi connectivity index (χ0) is 15.4. The summed E-state index contributed by atoms with van der Waals surface area (Å²) >= 11 is 3.17. The largest absolute Gasteiger partial charge is 0.507 e. The van der Waals surface area contributed by atoms with E-state index in [1.165, 1.54) is 18.2 Å². The average Bonchev–Trinajstić information content (AvgIpc) is 2.44. The molecule has 0 radical (unpaired) electrons. The summed E-state index contributed by atoms with van der Waals surface area (Å²) in [5.74, 6) is -0.512. The Balaban J connectivity index is 1.98. The van der Waals surface area contributed by atoms with E-state index in [9.17, 15) is 14.3 Å². The lowest BCUT2D eigenvalue weighted by molar-refractivity contribution is 0.0939. The van der Waals surface area contributed by atoms with E-state index in [1.807, 2.05) is 6.92 Å². The number of carbonyl (C=O) groups is 1. The minimum absolute atomic E-state index is 0.0221. The van der Waals surface area contributed by atoms with Gasteiger partial charge in [0.2, 0.25) is 0 Å². The summed E-state index contributed by atoms with van der Waals surface area (Å²) in [6.45, 7) is 1.87. The van der Waals surface area contributed by atoms with Crippen LogP contribution in [0.2, 0.25) is 0 Å². The molecule has 0 saturated carbocycles. The first-order chi connectivity index (χ1) is 9.95. The van der Waals surface area contributed by atoms with Crippen molar-refractivity contribution in [3.05, 3.63) is 63.9 Å². The van der Waals surface area contributed by atoms with E-state index in [0.29, 0.717) is 16.5 Å². The van der Waals surface area contributed by atoms with E-state index < -0.39 is 0 Å². The summed E-state index contributed by atoms with van der Waals surface area (Å²) < 4.78 is 13.4. The normalized spacial score (nSPS) is 12.0. The van der Waals surface area contributed by atoms with Crippen molar-refractivity contribution in [2.45, 2.75) is 19.4 Å². The maximum atomic E-state index is 12.8. The van der Waals surface area contributed by atoms with Crippen LogP contribution >= 0.6 is 15.9 Å². The fraction of sp³-hybridized carbons (Fsp3) is 0.188. The van der Waals surface area contributed by atoms with Gasteiger partial charge < -0.3 is 10.4 Å². The molecule has 2 N–H and O–H groups in total. The highest BCUT2D eigenvalue weighted by Gasteiger charge is 2.12. The molecule has 110 valence electrons. The van der Waals surface area contributed by atoms with E-state index in [1.54, 1.807) is 24.3 Å². The van der Waals surface area contributed by atoms with Crippen molar-refractivity contribution in [2.24, 2.45) is 0 Å². The first kappa shape index (κ1) is 15.5. The van der Waals surface area contributed by atoms with Gasteiger partial charge in [0.1, 0.15) is 11.6 Å². The lowest BCUT2D eigenvalue weighted by Gasteiger charge is -2.14. The summed E-state index contributed by atoms with van der Waals surface area (Å²) in [4.78, 5) is 12.1. The number of halogens is 2. The molecule has 5 heteroatoms. The molecule has 2 aromatic carbocycles. The number of nitrogens with one attached hydrogen (secondary N) is 1. The third-order valence-corrected chi connectivity index (χ3v) is 3.71. The number of phenolic OH excluding ortho intramolecular Hbond substituents is 1. The second kappa shape index (κ2) is 6.72.